The maximum absolute atomic E-state index is 12.1. The number of ether oxygens (including phenoxy) is 2. The highest BCUT2D eigenvalue weighted by molar-refractivity contribution is 7.99. The van der Waals surface area contributed by atoms with Crippen molar-refractivity contribution in [3.05, 3.63) is 24.3 Å². The van der Waals surface area contributed by atoms with E-state index in [0.29, 0.717) is 17.5 Å². The zero-order valence-electron chi connectivity index (χ0n) is 11.6. The fourth-order valence-electron chi connectivity index (χ4n) is 1.59. The number of alkyl halides is 3. The fourth-order valence-corrected chi connectivity index (χ4v) is 2.39. The SMILES string of the molecule is COCCCSc1nnnn1-c1ccc(OC(F)(F)F)cc1. The number of aromatic nitrogens is 4. The first kappa shape index (κ1) is 16.6. The Hall–Kier alpha value is -1.81. The smallest absolute Gasteiger partial charge is 0.406 e. The Kier molecular flexibility index (Phi) is 5.61. The zero-order chi connectivity index (χ0) is 16.0. The molecule has 22 heavy (non-hydrogen) atoms. The molecule has 2 rings (SSSR count). The van der Waals surface area contributed by atoms with Gasteiger partial charge >= 0.3 is 6.36 Å². The van der Waals surface area contributed by atoms with E-state index >= 15 is 0 Å². The van der Waals surface area contributed by atoms with Gasteiger partial charge in [-0.1, -0.05) is 11.8 Å². The maximum atomic E-state index is 12.1. The number of benzene rings is 1. The number of nitrogens with zero attached hydrogens (tertiary/aromatic N) is 4. The standard InChI is InChI=1S/C12H13F3N4O2S/c1-20-7-2-8-22-11-16-17-18-19(11)9-3-5-10(6-4-9)21-12(13,14)15/h3-6H,2,7-8H2,1H3. The summed E-state index contributed by atoms with van der Waals surface area (Å²) < 4.78 is 46.5. The lowest BCUT2D eigenvalue weighted by atomic mass is 10.3. The van der Waals surface area contributed by atoms with Crippen LogP contribution in [0.5, 0.6) is 5.75 Å². The van der Waals surface area contributed by atoms with Crippen LogP contribution in [0.4, 0.5) is 13.2 Å². The van der Waals surface area contributed by atoms with Crippen LogP contribution in [-0.4, -0.2) is 46.0 Å². The lowest BCUT2D eigenvalue weighted by molar-refractivity contribution is -0.274. The van der Waals surface area contributed by atoms with Gasteiger partial charge in [0, 0.05) is 19.5 Å². The molecular formula is C12H13F3N4O2S. The molecule has 0 N–H and O–H groups in total. The van der Waals surface area contributed by atoms with Crippen LogP contribution < -0.4 is 4.74 Å². The van der Waals surface area contributed by atoms with E-state index in [1.165, 1.54) is 40.7 Å². The van der Waals surface area contributed by atoms with Crippen molar-refractivity contribution in [2.45, 2.75) is 17.9 Å². The second-order valence-electron chi connectivity index (χ2n) is 4.11. The van der Waals surface area contributed by atoms with Gasteiger partial charge in [-0.15, -0.1) is 18.3 Å². The van der Waals surface area contributed by atoms with Crippen molar-refractivity contribution >= 4 is 11.8 Å². The van der Waals surface area contributed by atoms with Crippen LogP contribution in [0.1, 0.15) is 6.42 Å². The van der Waals surface area contributed by atoms with Gasteiger partial charge in [0.15, 0.2) is 0 Å². The monoisotopic (exact) mass is 334 g/mol. The topological polar surface area (TPSA) is 62.1 Å². The molecule has 0 aliphatic rings. The molecule has 1 aromatic heterocycles. The lowest BCUT2D eigenvalue weighted by Gasteiger charge is -2.09. The van der Waals surface area contributed by atoms with Gasteiger partial charge in [-0.05, 0) is 41.1 Å². The molecule has 2 aromatic rings. The molecule has 0 saturated heterocycles. The Morgan fingerprint density at radius 3 is 2.59 bits per heavy atom. The van der Waals surface area contributed by atoms with Crippen LogP contribution in [0.3, 0.4) is 0 Å². The summed E-state index contributed by atoms with van der Waals surface area (Å²) in [5, 5.41) is 11.8. The van der Waals surface area contributed by atoms with Gasteiger partial charge in [0.1, 0.15) is 5.75 Å². The predicted octanol–water partition coefficient (Wildman–Crippen LogP) is 2.69. The molecule has 0 fully saturated rings. The van der Waals surface area contributed by atoms with E-state index in [0.717, 1.165) is 12.2 Å². The molecular weight excluding hydrogens is 321 g/mol. The van der Waals surface area contributed by atoms with Crippen molar-refractivity contribution in [3.63, 3.8) is 0 Å². The second-order valence-corrected chi connectivity index (χ2v) is 5.17. The highest BCUT2D eigenvalue weighted by Crippen LogP contribution is 2.25. The van der Waals surface area contributed by atoms with Crippen LogP contribution in [0.25, 0.3) is 5.69 Å². The molecule has 1 aromatic carbocycles. The number of rotatable bonds is 7. The Morgan fingerprint density at radius 1 is 1.23 bits per heavy atom. The minimum Gasteiger partial charge on any atom is -0.406 e. The molecule has 0 bridgehead atoms. The Labute approximate surface area is 128 Å². The van der Waals surface area contributed by atoms with Crippen molar-refractivity contribution < 1.29 is 22.6 Å². The van der Waals surface area contributed by atoms with Crippen LogP contribution in [0.15, 0.2) is 29.4 Å². The summed E-state index contributed by atoms with van der Waals surface area (Å²) in [4.78, 5) is 0. The molecule has 10 heteroatoms. The van der Waals surface area contributed by atoms with Gasteiger partial charge in [0.05, 0.1) is 5.69 Å². The van der Waals surface area contributed by atoms with Crippen molar-refractivity contribution in [2.24, 2.45) is 0 Å². The van der Waals surface area contributed by atoms with E-state index in [4.69, 9.17) is 4.74 Å². The third-order valence-corrected chi connectivity index (χ3v) is 3.49. The number of thioether (sulfide) groups is 1. The first-order valence-corrected chi connectivity index (χ1v) is 7.24. The van der Waals surface area contributed by atoms with E-state index < -0.39 is 6.36 Å². The molecule has 1 heterocycles. The number of methoxy groups -OCH3 is 1. The average Bonchev–Trinajstić information content (AvgIpc) is 2.91. The van der Waals surface area contributed by atoms with Gasteiger partial charge in [0.2, 0.25) is 5.16 Å². The Bertz CT molecular complexity index is 589. The summed E-state index contributed by atoms with van der Waals surface area (Å²) in [6.07, 6.45) is -3.87. The molecule has 0 aliphatic heterocycles. The molecule has 6 nitrogen and oxygen atoms in total. The normalized spacial score (nSPS) is 11.6. The number of hydrogen-bond donors (Lipinski definition) is 0. The minimum atomic E-state index is -4.71. The fraction of sp³-hybridized carbons (Fsp3) is 0.417. The number of halogens is 3. The van der Waals surface area contributed by atoms with E-state index in [1.54, 1.807) is 7.11 Å². The van der Waals surface area contributed by atoms with Crippen LogP contribution in [-0.2, 0) is 4.74 Å². The third kappa shape index (κ3) is 4.88. The minimum absolute atomic E-state index is 0.293. The van der Waals surface area contributed by atoms with Crippen molar-refractivity contribution in [3.8, 4) is 11.4 Å². The van der Waals surface area contributed by atoms with E-state index in [2.05, 4.69) is 20.3 Å². The highest BCUT2D eigenvalue weighted by Gasteiger charge is 2.31. The summed E-state index contributed by atoms with van der Waals surface area (Å²) in [5.74, 6) is 0.474. The molecule has 120 valence electrons. The molecule has 0 amide bonds. The highest BCUT2D eigenvalue weighted by atomic mass is 32.2. The largest absolute Gasteiger partial charge is 0.573 e. The molecule has 0 aliphatic carbocycles. The van der Waals surface area contributed by atoms with Crippen LogP contribution >= 0.6 is 11.8 Å². The van der Waals surface area contributed by atoms with Crippen LogP contribution in [0.2, 0.25) is 0 Å². The van der Waals surface area contributed by atoms with Gasteiger partial charge in [-0.2, -0.15) is 4.68 Å². The molecule has 0 unspecified atom stereocenters. The third-order valence-electron chi connectivity index (χ3n) is 2.48. The van der Waals surface area contributed by atoms with E-state index in [-0.39, 0.29) is 5.75 Å². The van der Waals surface area contributed by atoms with Gasteiger partial charge < -0.3 is 9.47 Å². The second kappa shape index (κ2) is 7.45. The maximum Gasteiger partial charge on any atom is 0.573 e. The Balaban J connectivity index is 2.04. The summed E-state index contributed by atoms with van der Waals surface area (Å²) in [6, 6.07) is 5.33. The van der Waals surface area contributed by atoms with Crippen molar-refractivity contribution in [2.75, 3.05) is 19.5 Å². The zero-order valence-corrected chi connectivity index (χ0v) is 12.4. The number of tetrazole rings is 1. The molecule has 0 atom stereocenters. The molecule has 0 radical (unpaired) electrons. The summed E-state index contributed by atoms with van der Waals surface area (Å²) in [5.41, 5.74) is 0.550. The molecule has 0 spiro atoms. The summed E-state index contributed by atoms with van der Waals surface area (Å²) >= 11 is 1.44. The lowest BCUT2D eigenvalue weighted by Crippen LogP contribution is -2.17. The van der Waals surface area contributed by atoms with Gasteiger partial charge in [-0.25, -0.2) is 0 Å². The first-order chi connectivity index (χ1) is 10.5. The number of hydrogen-bond acceptors (Lipinski definition) is 6. The predicted molar refractivity (Wildman–Crippen MR) is 73.1 cm³/mol. The summed E-state index contributed by atoms with van der Waals surface area (Å²) in [6.45, 7) is 0.637. The quantitative estimate of drug-likeness (QED) is 0.573. The van der Waals surface area contributed by atoms with E-state index in [1.807, 2.05) is 0 Å². The summed E-state index contributed by atoms with van der Waals surface area (Å²) in [7, 11) is 1.62. The van der Waals surface area contributed by atoms with Crippen molar-refractivity contribution in [1.82, 2.24) is 20.2 Å². The first-order valence-electron chi connectivity index (χ1n) is 6.26. The van der Waals surface area contributed by atoms with Gasteiger partial charge in [0.25, 0.3) is 0 Å². The average molecular weight is 334 g/mol. The van der Waals surface area contributed by atoms with E-state index in [9.17, 15) is 13.2 Å². The molecule has 0 saturated carbocycles. The Morgan fingerprint density at radius 2 is 1.95 bits per heavy atom. The van der Waals surface area contributed by atoms with Crippen molar-refractivity contribution in [1.29, 1.82) is 0 Å². The van der Waals surface area contributed by atoms with Crippen LogP contribution in [0, 0.1) is 0 Å². The van der Waals surface area contributed by atoms with Gasteiger partial charge in [-0.3, -0.25) is 0 Å².